The first-order valence-corrected chi connectivity index (χ1v) is 10.1. The highest BCUT2D eigenvalue weighted by atomic mass is 16.5. The van der Waals surface area contributed by atoms with Crippen LogP contribution in [0.5, 0.6) is 5.75 Å². The maximum Gasteiger partial charge on any atom is 0.267 e. The number of aromatic nitrogens is 2. The van der Waals surface area contributed by atoms with Crippen LogP contribution in [0.4, 0.5) is 5.69 Å². The SMILES string of the molecule is CCOc1ccc(NC(=O)[C@H](CC)n2nc(-c3ccc(C)c(C)c3)ccc2=O)cc1. The Morgan fingerprint density at radius 2 is 1.77 bits per heavy atom. The molecule has 0 aliphatic rings. The summed E-state index contributed by atoms with van der Waals surface area (Å²) in [6, 6.07) is 15.6. The van der Waals surface area contributed by atoms with Crippen LogP contribution in [0.2, 0.25) is 0 Å². The lowest BCUT2D eigenvalue weighted by Crippen LogP contribution is -2.34. The summed E-state index contributed by atoms with van der Waals surface area (Å²) in [7, 11) is 0. The zero-order valence-electron chi connectivity index (χ0n) is 17.8. The van der Waals surface area contributed by atoms with E-state index < -0.39 is 6.04 Å². The van der Waals surface area contributed by atoms with Crippen molar-refractivity contribution in [1.82, 2.24) is 9.78 Å². The van der Waals surface area contributed by atoms with E-state index in [4.69, 9.17) is 4.74 Å². The summed E-state index contributed by atoms with van der Waals surface area (Å²) in [5.74, 6) is 0.454. The Bertz CT molecular complexity index is 1090. The van der Waals surface area contributed by atoms with Crippen molar-refractivity contribution in [1.29, 1.82) is 0 Å². The second-order valence-electron chi connectivity index (χ2n) is 7.17. The summed E-state index contributed by atoms with van der Waals surface area (Å²) in [6.07, 6.45) is 0.437. The molecular weight excluding hydrogens is 378 g/mol. The topological polar surface area (TPSA) is 73.2 Å². The van der Waals surface area contributed by atoms with Gasteiger partial charge in [0.1, 0.15) is 11.8 Å². The number of hydrogen-bond acceptors (Lipinski definition) is 4. The average Bonchev–Trinajstić information content (AvgIpc) is 2.73. The number of rotatable bonds is 7. The summed E-state index contributed by atoms with van der Waals surface area (Å²) >= 11 is 0. The predicted octanol–water partition coefficient (Wildman–Crippen LogP) is 4.52. The highest BCUT2D eigenvalue weighted by molar-refractivity contribution is 5.93. The summed E-state index contributed by atoms with van der Waals surface area (Å²) in [5.41, 5.74) is 4.23. The van der Waals surface area contributed by atoms with Crippen molar-refractivity contribution in [2.75, 3.05) is 11.9 Å². The third-order valence-corrected chi connectivity index (χ3v) is 5.05. The number of carbonyl (C=O) groups excluding carboxylic acids is 1. The Labute approximate surface area is 176 Å². The molecule has 156 valence electrons. The number of amides is 1. The van der Waals surface area contributed by atoms with Gasteiger partial charge in [0.15, 0.2) is 0 Å². The number of benzene rings is 2. The van der Waals surface area contributed by atoms with Gasteiger partial charge in [0.05, 0.1) is 12.3 Å². The van der Waals surface area contributed by atoms with Gasteiger partial charge in [0.25, 0.3) is 5.56 Å². The van der Waals surface area contributed by atoms with E-state index in [-0.39, 0.29) is 11.5 Å². The smallest absolute Gasteiger partial charge is 0.267 e. The van der Waals surface area contributed by atoms with Gasteiger partial charge in [-0.05, 0) is 74.7 Å². The van der Waals surface area contributed by atoms with Crippen molar-refractivity contribution in [3.05, 3.63) is 76.1 Å². The molecule has 3 rings (SSSR count). The van der Waals surface area contributed by atoms with Crippen LogP contribution in [0.15, 0.2) is 59.4 Å². The fourth-order valence-electron chi connectivity index (χ4n) is 3.20. The predicted molar refractivity (Wildman–Crippen MR) is 119 cm³/mol. The highest BCUT2D eigenvalue weighted by Crippen LogP contribution is 2.21. The molecule has 0 saturated heterocycles. The average molecular weight is 405 g/mol. The first-order chi connectivity index (χ1) is 14.4. The van der Waals surface area contributed by atoms with Gasteiger partial charge in [0, 0.05) is 17.3 Å². The van der Waals surface area contributed by atoms with Gasteiger partial charge in [-0.1, -0.05) is 19.1 Å². The molecule has 0 radical (unpaired) electrons. The van der Waals surface area contributed by atoms with Gasteiger partial charge in [-0.2, -0.15) is 5.10 Å². The molecule has 0 aliphatic carbocycles. The number of carbonyl (C=O) groups is 1. The Morgan fingerprint density at radius 3 is 2.40 bits per heavy atom. The van der Waals surface area contributed by atoms with Crippen molar-refractivity contribution in [3.8, 4) is 17.0 Å². The minimum absolute atomic E-state index is 0.284. The first-order valence-electron chi connectivity index (χ1n) is 10.1. The maximum atomic E-state index is 12.9. The molecule has 1 heterocycles. The van der Waals surface area contributed by atoms with Gasteiger partial charge in [-0.3, -0.25) is 9.59 Å². The lowest BCUT2D eigenvalue weighted by molar-refractivity contribution is -0.119. The summed E-state index contributed by atoms with van der Waals surface area (Å²) in [5, 5.41) is 7.38. The molecule has 0 spiro atoms. The van der Waals surface area contributed by atoms with Gasteiger partial charge < -0.3 is 10.1 Å². The molecular formula is C24H27N3O3. The van der Waals surface area contributed by atoms with Crippen molar-refractivity contribution >= 4 is 11.6 Å². The Morgan fingerprint density at radius 1 is 1.03 bits per heavy atom. The molecule has 1 N–H and O–H groups in total. The van der Waals surface area contributed by atoms with Gasteiger partial charge in [-0.25, -0.2) is 4.68 Å². The lowest BCUT2D eigenvalue weighted by Gasteiger charge is -2.18. The van der Waals surface area contributed by atoms with Crippen LogP contribution in [0.3, 0.4) is 0 Å². The van der Waals surface area contributed by atoms with Crippen molar-refractivity contribution in [2.45, 2.75) is 40.2 Å². The van der Waals surface area contributed by atoms with Crippen molar-refractivity contribution in [3.63, 3.8) is 0 Å². The molecule has 30 heavy (non-hydrogen) atoms. The fraction of sp³-hybridized carbons (Fsp3) is 0.292. The standard InChI is InChI=1S/C24H27N3O3/c1-5-22(24(29)25-19-9-11-20(12-10-19)30-6-2)27-23(28)14-13-21(26-27)18-8-7-16(3)17(4)15-18/h7-15,22H,5-6H2,1-4H3,(H,25,29)/t22-/m0/s1. The van der Waals surface area contributed by atoms with E-state index in [1.165, 1.54) is 16.3 Å². The molecule has 6 heteroatoms. The summed E-state index contributed by atoms with van der Waals surface area (Å²) in [6.45, 7) is 8.44. The molecule has 0 saturated carbocycles. The zero-order chi connectivity index (χ0) is 21.7. The van der Waals surface area contributed by atoms with Gasteiger partial charge >= 0.3 is 0 Å². The van der Waals surface area contributed by atoms with Gasteiger partial charge in [-0.15, -0.1) is 0 Å². The second kappa shape index (κ2) is 9.39. The number of hydrogen-bond donors (Lipinski definition) is 1. The lowest BCUT2D eigenvalue weighted by atomic mass is 10.0. The van der Waals surface area contributed by atoms with Crippen molar-refractivity contribution in [2.24, 2.45) is 0 Å². The third-order valence-electron chi connectivity index (χ3n) is 5.05. The Balaban J connectivity index is 1.87. The molecule has 0 unspecified atom stereocenters. The van der Waals surface area contributed by atoms with E-state index in [1.807, 2.05) is 45.9 Å². The molecule has 1 amide bonds. The minimum atomic E-state index is -0.712. The fourth-order valence-corrected chi connectivity index (χ4v) is 3.20. The Kier molecular flexibility index (Phi) is 6.67. The molecule has 1 atom stereocenters. The molecule has 2 aromatic carbocycles. The molecule has 1 aromatic heterocycles. The summed E-state index contributed by atoms with van der Waals surface area (Å²) < 4.78 is 6.69. The summed E-state index contributed by atoms with van der Waals surface area (Å²) in [4.78, 5) is 25.4. The van der Waals surface area contributed by atoms with E-state index in [1.54, 1.807) is 30.3 Å². The third kappa shape index (κ3) is 4.76. The van der Waals surface area contributed by atoms with E-state index in [2.05, 4.69) is 10.4 Å². The molecule has 6 nitrogen and oxygen atoms in total. The maximum absolute atomic E-state index is 12.9. The number of anilines is 1. The van der Waals surface area contributed by atoms with Crippen LogP contribution in [-0.4, -0.2) is 22.3 Å². The monoisotopic (exact) mass is 405 g/mol. The van der Waals surface area contributed by atoms with Crippen LogP contribution >= 0.6 is 0 Å². The molecule has 0 aliphatic heterocycles. The quantitative estimate of drug-likeness (QED) is 0.627. The second-order valence-corrected chi connectivity index (χ2v) is 7.17. The first kappa shape index (κ1) is 21.3. The van der Waals surface area contributed by atoms with E-state index in [0.717, 1.165) is 16.9 Å². The van der Waals surface area contributed by atoms with Crippen LogP contribution < -0.4 is 15.6 Å². The van der Waals surface area contributed by atoms with E-state index in [9.17, 15) is 9.59 Å². The Hall–Kier alpha value is -3.41. The number of aryl methyl sites for hydroxylation is 2. The number of nitrogens with one attached hydrogen (secondary N) is 1. The molecule has 0 bridgehead atoms. The van der Waals surface area contributed by atoms with Crippen LogP contribution in [0, 0.1) is 13.8 Å². The van der Waals surface area contributed by atoms with Crippen LogP contribution in [0.1, 0.15) is 37.4 Å². The zero-order valence-corrected chi connectivity index (χ0v) is 17.8. The normalized spacial score (nSPS) is 11.7. The van der Waals surface area contributed by atoms with Crippen molar-refractivity contribution < 1.29 is 9.53 Å². The van der Waals surface area contributed by atoms with Crippen LogP contribution in [0.25, 0.3) is 11.3 Å². The molecule has 0 fully saturated rings. The van der Waals surface area contributed by atoms with Crippen LogP contribution in [-0.2, 0) is 4.79 Å². The molecule has 3 aromatic rings. The largest absolute Gasteiger partial charge is 0.494 e. The van der Waals surface area contributed by atoms with E-state index in [0.29, 0.717) is 24.4 Å². The highest BCUT2D eigenvalue weighted by Gasteiger charge is 2.21. The number of nitrogens with zero attached hydrogens (tertiary/aromatic N) is 2. The van der Waals surface area contributed by atoms with E-state index >= 15 is 0 Å². The number of ether oxygens (including phenoxy) is 1. The minimum Gasteiger partial charge on any atom is -0.494 e. The van der Waals surface area contributed by atoms with Gasteiger partial charge in [0.2, 0.25) is 5.91 Å².